The Morgan fingerprint density at radius 3 is 1.92 bits per heavy atom. The molecule has 11 heteroatoms. The van der Waals surface area contributed by atoms with Crippen molar-refractivity contribution in [2.24, 2.45) is 5.11 Å². The smallest absolute Gasteiger partial charge is 0.303 e. The normalized spacial score (nSPS) is 10.2. The fourth-order valence-electron chi connectivity index (χ4n) is 1.48. The molecule has 11 nitrogen and oxygen atoms in total. The minimum atomic E-state index is -0.995. The average molecular weight is 362 g/mol. The van der Waals surface area contributed by atoms with E-state index in [9.17, 15) is 9.59 Å². The summed E-state index contributed by atoms with van der Waals surface area (Å²) in [4.78, 5) is 24.1. The molecule has 0 unspecified atom stereocenters. The summed E-state index contributed by atoms with van der Waals surface area (Å²) in [5, 5.41) is 14.3. The number of nitrogens with zero attached hydrogens (tertiary/aromatic N) is 3. The molecule has 1 amide bonds. The van der Waals surface area contributed by atoms with Gasteiger partial charge < -0.3 is 29.4 Å². The first-order chi connectivity index (χ1) is 12.2. The van der Waals surface area contributed by atoms with Crippen molar-refractivity contribution < 1.29 is 33.6 Å². The molecule has 0 heterocycles. The van der Waals surface area contributed by atoms with Crippen molar-refractivity contribution in [3.05, 3.63) is 10.4 Å². The second-order valence-electron chi connectivity index (χ2n) is 4.65. The third-order valence-corrected chi connectivity index (χ3v) is 2.65. The standard InChI is InChI=1S/C14H26N4O7/c15-18-17-4-6-23-8-10-25-12-11-24-9-7-22-5-3-16-13(19)1-2-14(20)21/h1-12H2,(H,16,19)(H,20,21). The van der Waals surface area contributed by atoms with Crippen LogP contribution in [0.2, 0.25) is 0 Å². The van der Waals surface area contributed by atoms with E-state index >= 15 is 0 Å². The lowest BCUT2D eigenvalue weighted by atomic mass is 10.3. The molecule has 2 N–H and O–H groups in total. The van der Waals surface area contributed by atoms with Gasteiger partial charge in [0.15, 0.2) is 0 Å². The highest BCUT2D eigenvalue weighted by Gasteiger charge is 2.04. The zero-order valence-electron chi connectivity index (χ0n) is 14.2. The van der Waals surface area contributed by atoms with Crippen LogP contribution in [0.3, 0.4) is 0 Å². The van der Waals surface area contributed by atoms with Crippen LogP contribution in [-0.4, -0.2) is 82.9 Å². The minimum Gasteiger partial charge on any atom is -0.481 e. The first-order valence-corrected chi connectivity index (χ1v) is 7.97. The monoisotopic (exact) mass is 362 g/mol. The van der Waals surface area contributed by atoms with Crippen LogP contribution in [0, 0.1) is 0 Å². The maximum absolute atomic E-state index is 11.2. The van der Waals surface area contributed by atoms with E-state index < -0.39 is 5.97 Å². The third-order valence-electron chi connectivity index (χ3n) is 2.65. The molecule has 144 valence electrons. The fraction of sp³-hybridized carbons (Fsp3) is 0.857. The largest absolute Gasteiger partial charge is 0.481 e. The Morgan fingerprint density at radius 2 is 1.40 bits per heavy atom. The van der Waals surface area contributed by atoms with Crippen LogP contribution < -0.4 is 5.32 Å². The third kappa shape index (κ3) is 20.0. The molecule has 0 aliphatic rings. The lowest BCUT2D eigenvalue weighted by molar-refractivity contribution is -0.138. The van der Waals surface area contributed by atoms with Crippen LogP contribution in [0.5, 0.6) is 0 Å². The molecular weight excluding hydrogens is 336 g/mol. The molecule has 0 saturated heterocycles. The number of nitrogens with one attached hydrogen (secondary N) is 1. The molecule has 25 heavy (non-hydrogen) atoms. The lowest BCUT2D eigenvalue weighted by Gasteiger charge is -2.08. The van der Waals surface area contributed by atoms with Crippen molar-refractivity contribution in [2.45, 2.75) is 12.8 Å². The molecule has 0 spiro atoms. The Labute approximate surface area is 146 Å². The molecular formula is C14H26N4O7. The van der Waals surface area contributed by atoms with Crippen molar-refractivity contribution >= 4 is 11.9 Å². The Balaban J connectivity index is 3.12. The van der Waals surface area contributed by atoms with Crippen molar-refractivity contribution in [2.75, 3.05) is 65.9 Å². The molecule has 0 aromatic rings. The Bertz CT molecular complexity index is 403. The van der Waals surface area contributed by atoms with Gasteiger partial charge in [0.25, 0.3) is 0 Å². The van der Waals surface area contributed by atoms with Gasteiger partial charge in [-0.1, -0.05) is 5.11 Å². The molecule has 0 atom stereocenters. The first kappa shape index (κ1) is 23.1. The first-order valence-electron chi connectivity index (χ1n) is 7.97. The van der Waals surface area contributed by atoms with Crippen LogP contribution in [0.4, 0.5) is 0 Å². The Hall–Kier alpha value is -1.91. The Kier molecular flexibility index (Phi) is 17.0. The van der Waals surface area contributed by atoms with Crippen molar-refractivity contribution in [3.63, 3.8) is 0 Å². The van der Waals surface area contributed by atoms with Gasteiger partial charge in [-0.25, -0.2) is 0 Å². The highest BCUT2D eigenvalue weighted by molar-refractivity contribution is 5.80. The van der Waals surface area contributed by atoms with Gasteiger partial charge >= 0.3 is 5.97 Å². The summed E-state index contributed by atoms with van der Waals surface area (Å²) in [6.07, 6.45) is -0.207. The highest BCUT2D eigenvalue weighted by Crippen LogP contribution is 1.88. The Morgan fingerprint density at radius 1 is 0.880 bits per heavy atom. The van der Waals surface area contributed by atoms with Crippen molar-refractivity contribution in [1.29, 1.82) is 0 Å². The lowest BCUT2D eigenvalue weighted by Crippen LogP contribution is -2.27. The van der Waals surface area contributed by atoms with E-state index in [0.29, 0.717) is 65.9 Å². The summed E-state index contributed by atoms with van der Waals surface area (Å²) in [6.45, 7) is 3.93. The van der Waals surface area contributed by atoms with Crippen LogP contribution in [-0.2, 0) is 28.5 Å². The second kappa shape index (κ2) is 18.4. The molecule has 0 aromatic heterocycles. The quantitative estimate of drug-likeness (QED) is 0.154. The van der Waals surface area contributed by atoms with E-state index in [1.807, 2.05) is 0 Å². The van der Waals surface area contributed by atoms with Gasteiger partial charge in [0, 0.05) is 24.4 Å². The maximum atomic E-state index is 11.2. The van der Waals surface area contributed by atoms with E-state index in [1.54, 1.807) is 0 Å². The number of carbonyl (C=O) groups is 2. The van der Waals surface area contributed by atoms with Crippen molar-refractivity contribution in [3.8, 4) is 0 Å². The van der Waals surface area contributed by atoms with Gasteiger partial charge in [-0.15, -0.1) is 0 Å². The molecule has 0 saturated carbocycles. The number of amides is 1. The number of carboxylic acid groups (broad SMARTS) is 1. The number of hydrogen-bond donors (Lipinski definition) is 2. The molecule has 0 fully saturated rings. The predicted molar refractivity (Wildman–Crippen MR) is 87.2 cm³/mol. The SMILES string of the molecule is [N-]=[N+]=NCCOCCOCCOCCOCCNC(=O)CCC(=O)O. The number of hydrogen-bond acceptors (Lipinski definition) is 7. The summed E-state index contributed by atoms with van der Waals surface area (Å²) in [7, 11) is 0. The summed E-state index contributed by atoms with van der Waals surface area (Å²) in [5.74, 6) is -1.30. The fourth-order valence-corrected chi connectivity index (χ4v) is 1.48. The topological polar surface area (TPSA) is 152 Å². The van der Waals surface area contributed by atoms with Gasteiger partial charge in [0.2, 0.25) is 5.91 Å². The predicted octanol–water partition coefficient (Wildman–Crippen LogP) is 0.344. The molecule has 0 rings (SSSR count). The van der Waals surface area contributed by atoms with Crippen molar-refractivity contribution in [1.82, 2.24) is 5.32 Å². The zero-order chi connectivity index (χ0) is 18.6. The van der Waals surface area contributed by atoms with Gasteiger partial charge in [-0.2, -0.15) is 0 Å². The summed E-state index contributed by atoms with van der Waals surface area (Å²) in [6, 6.07) is 0. The summed E-state index contributed by atoms with van der Waals surface area (Å²) in [5.41, 5.74) is 8.05. The van der Waals surface area contributed by atoms with Gasteiger partial charge in [-0.05, 0) is 5.53 Å². The van der Waals surface area contributed by atoms with E-state index in [4.69, 9.17) is 29.6 Å². The molecule has 0 aliphatic carbocycles. The number of carboxylic acids is 1. The van der Waals surface area contributed by atoms with Crippen LogP contribution in [0.25, 0.3) is 10.4 Å². The number of carbonyl (C=O) groups excluding carboxylic acids is 1. The van der Waals surface area contributed by atoms with E-state index in [-0.39, 0.29) is 18.7 Å². The highest BCUT2D eigenvalue weighted by atomic mass is 16.6. The van der Waals surface area contributed by atoms with E-state index in [2.05, 4.69) is 15.3 Å². The zero-order valence-corrected chi connectivity index (χ0v) is 14.2. The second-order valence-corrected chi connectivity index (χ2v) is 4.65. The number of aliphatic carboxylic acids is 1. The minimum absolute atomic E-state index is 0.0305. The van der Waals surface area contributed by atoms with Crippen LogP contribution in [0.1, 0.15) is 12.8 Å². The molecule has 0 aromatic carbocycles. The molecule has 0 bridgehead atoms. The number of ether oxygens (including phenoxy) is 4. The van der Waals surface area contributed by atoms with Gasteiger partial charge in [0.1, 0.15) is 0 Å². The number of rotatable bonds is 18. The van der Waals surface area contributed by atoms with Gasteiger partial charge in [0.05, 0.1) is 59.3 Å². The number of azide groups is 1. The summed E-state index contributed by atoms with van der Waals surface area (Å²) >= 11 is 0. The summed E-state index contributed by atoms with van der Waals surface area (Å²) < 4.78 is 21.0. The van der Waals surface area contributed by atoms with Gasteiger partial charge in [-0.3, -0.25) is 9.59 Å². The molecule has 0 radical (unpaired) electrons. The maximum Gasteiger partial charge on any atom is 0.303 e. The van der Waals surface area contributed by atoms with E-state index in [1.165, 1.54) is 0 Å². The van der Waals surface area contributed by atoms with Crippen LogP contribution in [0.15, 0.2) is 5.11 Å². The average Bonchev–Trinajstić information content (AvgIpc) is 2.59. The van der Waals surface area contributed by atoms with E-state index in [0.717, 1.165) is 0 Å². The van der Waals surface area contributed by atoms with Crippen LogP contribution >= 0.6 is 0 Å². The molecule has 0 aliphatic heterocycles.